The summed E-state index contributed by atoms with van der Waals surface area (Å²) in [5.41, 5.74) is 7.17. The molecule has 1 saturated carbocycles. The normalized spacial score (nSPS) is 16.7. The van der Waals surface area contributed by atoms with Gasteiger partial charge in [0.05, 0.1) is 19.9 Å². The summed E-state index contributed by atoms with van der Waals surface area (Å²) in [4.78, 5) is 6.79. The molecule has 3 aromatic carbocycles. The van der Waals surface area contributed by atoms with Crippen LogP contribution in [0.3, 0.4) is 0 Å². The Morgan fingerprint density at radius 1 is 0.814 bits per heavy atom. The van der Waals surface area contributed by atoms with E-state index in [9.17, 15) is 0 Å². The van der Waals surface area contributed by atoms with Crippen molar-refractivity contribution < 1.29 is 9.47 Å². The van der Waals surface area contributed by atoms with Crippen molar-refractivity contribution in [1.29, 1.82) is 0 Å². The van der Waals surface area contributed by atoms with Crippen molar-refractivity contribution in [2.24, 2.45) is 0 Å². The summed E-state index contributed by atoms with van der Waals surface area (Å²) in [6, 6.07) is 24.3. The van der Waals surface area contributed by atoms with Crippen molar-refractivity contribution in [3.8, 4) is 22.8 Å². The number of benzene rings is 3. The van der Waals surface area contributed by atoms with Gasteiger partial charge in [0.2, 0.25) is 0 Å². The highest BCUT2D eigenvalue weighted by atomic mass is 16.5. The van der Waals surface area contributed by atoms with Crippen LogP contribution in [0, 0.1) is 0 Å². The molecule has 5 N–H and O–H groups in total. The van der Waals surface area contributed by atoms with E-state index in [0.29, 0.717) is 18.0 Å². The minimum absolute atomic E-state index is 0.381. The third-order valence-corrected chi connectivity index (χ3v) is 8.46. The van der Waals surface area contributed by atoms with Gasteiger partial charge in [-0.1, -0.05) is 32.0 Å². The Morgan fingerprint density at radius 3 is 2.30 bits per heavy atom. The molecule has 0 atom stereocenters. The van der Waals surface area contributed by atoms with Crippen LogP contribution in [0.2, 0.25) is 0 Å². The Balaban J connectivity index is 0.000000345. The van der Waals surface area contributed by atoms with E-state index in [0.717, 1.165) is 41.4 Å². The van der Waals surface area contributed by atoms with E-state index in [1.54, 1.807) is 14.2 Å². The first-order chi connectivity index (χ1) is 21.0. The number of nitrogens with one attached hydrogen (secondary N) is 5. The number of H-pyrrole nitrogens is 2. The lowest BCUT2D eigenvalue weighted by Crippen LogP contribution is -2.39. The number of likely N-dealkylation sites (N-methyl/N-ethyl adjacent to an activating group) is 1. The summed E-state index contributed by atoms with van der Waals surface area (Å²) in [6.45, 7) is 6.59. The molecular weight excluding hydrogens is 534 g/mol. The fraction of sp³-hybridized carbons (Fsp3) is 0.389. The van der Waals surface area contributed by atoms with Crippen LogP contribution in [0.25, 0.3) is 33.1 Å². The minimum atomic E-state index is 0.381. The lowest BCUT2D eigenvalue weighted by molar-refractivity contribution is 0.355. The van der Waals surface area contributed by atoms with E-state index in [4.69, 9.17) is 9.47 Å². The van der Waals surface area contributed by atoms with E-state index < -0.39 is 0 Å². The number of aromatic amines is 2. The fourth-order valence-corrected chi connectivity index (χ4v) is 6.20. The molecule has 7 heteroatoms. The first kappa shape index (κ1) is 30.5. The van der Waals surface area contributed by atoms with Crippen molar-refractivity contribution in [2.45, 2.75) is 57.5 Å². The third-order valence-electron chi connectivity index (χ3n) is 8.46. The van der Waals surface area contributed by atoms with Gasteiger partial charge in [0.25, 0.3) is 0 Å². The molecule has 1 fully saturated rings. The van der Waals surface area contributed by atoms with Gasteiger partial charge in [-0.15, -0.1) is 0 Å². The van der Waals surface area contributed by atoms with Crippen LogP contribution < -0.4 is 25.4 Å². The Bertz CT molecular complexity index is 1570. The molecule has 228 valence electrons. The van der Waals surface area contributed by atoms with Crippen LogP contribution in [0.4, 0.5) is 5.69 Å². The molecule has 43 heavy (non-hydrogen) atoms. The van der Waals surface area contributed by atoms with E-state index in [1.807, 2.05) is 31.4 Å². The zero-order valence-corrected chi connectivity index (χ0v) is 26.2. The van der Waals surface area contributed by atoms with Gasteiger partial charge in [0.1, 0.15) is 0 Å². The predicted octanol–water partition coefficient (Wildman–Crippen LogP) is 7.68. The second kappa shape index (κ2) is 14.5. The summed E-state index contributed by atoms with van der Waals surface area (Å²) in [5.74, 6) is 1.87. The molecular formula is C36H47N5O2. The number of para-hydroxylation sites is 1. The van der Waals surface area contributed by atoms with Crippen molar-refractivity contribution in [3.63, 3.8) is 0 Å². The smallest absolute Gasteiger partial charge is 0.161 e. The second-order valence-electron chi connectivity index (χ2n) is 11.7. The van der Waals surface area contributed by atoms with Gasteiger partial charge in [0, 0.05) is 59.0 Å². The predicted molar refractivity (Wildman–Crippen MR) is 181 cm³/mol. The first-order valence-corrected chi connectivity index (χ1v) is 15.5. The molecule has 2 aromatic heterocycles. The summed E-state index contributed by atoms with van der Waals surface area (Å²) in [6.07, 6.45) is 6.82. The van der Waals surface area contributed by atoms with E-state index in [1.165, 1.54) is 53.2 Å². The summed E-state index contributed by atoms with van der Waals surface area (Å²) in [7, 11) is 5.35. The Hall–Kier alpha value is -3.94. The molecule has 0 bridgehead atoms. The molecule has 0 amide bonds. The zero-order valence-electron chi connectivity index (χ0n) is 26.2. The average Bonchev–Trinajstić information content (AvgIpc) is 3.67. The van der Waals surface area contributed by atoms with Crippen molar-refractivity contribution in [1.82, 2.24) is 20.6 Å². The average molecular weight is 582 g/mol. The van der Waals surface area contributed by atoms with Gasteiger partial charge >= 0.3 is 0 Å². The van der Waals surface area contributed by atoms with Gasteiger partial charge in [-0.2, -0.15) is 0 Å². The summed E-state index contributed by atoms with van der Waals surface area (Å²) < 4.78 is 11.0. The zero-order chi connectivity index (χ0) is 30.2. The Morgan fingerprint density at radius 2 is 1.58 bits per heavy atom. The molecule has 0 radical (unpaired) electrons. The summed E-state index contributed by atoms with van der Waals surface area (Å²) >= 11 is 0. The van der Waals surface area contributed by atoms with Crippen LogP contribution in [-0.2, 0) is 0 Å². The van der Waals surface area contributed by atoms with E-state index >= 15 is 0 Å². The molecule has 0 aliphatic heterocycles. The number of hydrogen-bond donors (Lipinski definition) is 5. The van der Waals surface area contributed by atoms with Crippen LogP contribution in [0.5, 0.6) is 11.5 Å². The van der Waals surface area contributed by atoms with Gasteiger partial charge < -0.3 is 35.4 Å². The van der Waals surface area contributed by atoms with Gasteiger partial charge in [-0.3, -0.25) is 0 Å². The summed E-state index contributed by atoms with van der Waals surface area (Å²) in [5, 5.41) is 13.3. The third kappa shape index (κ3) is 7.35. The number of rotatable bonds is 10. The van der Waals surface area contributed by atoms with Gasteiger partial charge in [0.15, 0.2) is 11.5 Å². The molecule has 2 heterocycles. The lowest BCUT2D eigenvalue weighted by atomic mass is 9.91. The van der Waals surface area contributed by atoms with Crippen LogP contribution in [0.15, 0.2) is 72.9 Å². The monoisotopic (exact) mass is 581 g/mol. The minimum Gasteiger partial charge on any atom is -0.493 e. The van der Waals surface area contributed by atoms with Crippen molar-refractivity contribution in [3.05, 3.63) is 78.5 Å². The van der Waals surface area contributed by atoms with Gasteiger partial charge in [-0.05, 0) is 98.1 Å². The number of methoxy groups -OCH3 is 2. The Kier molecular flexibility index (Phi) is 10.3. The van der Waals surface area contributed by atoms with Crippen LogP contribution in [-0.4, -0.2) is 56.4 Å². The lowest BCUT2D eigenvalue weighted by Gasteiger charge is -2.30. The van der Waals surface area contributed by atoms with Crippen LogP contribution in [0.1, 0.15) is 51.0 Å². The van der Waals surface area contributed by atoms with E-state index in [2.05, 4.69) is 88.3 Å². The standard InChI is InChI=1S/C28H40N4O2.C8H7N/c1-18(2)27-23-17-22(31-21-9-7-20(8-10-21)30-15-14-29-3)11-12-24(23)32-28(27)19-6-13-25(33-4)26(16-19)34-5;1-2-4-8-7(3-1)5-6-9-8/h6,11-13,16-18,20-21,29-32H,7-10,14-15H2,1-5H3;1-6,9H. The van der Waals surface area contributed by atoms with E-state index in [-0.39, 0.29) is 0 Å². The number of ether oxygens (including phenoxy) is 2. The first-order valence-electron chi connectivity index (χ1n) is 15.5. The molecule has 0 unspecified atom stereocenters. The van der Waals surface area contributed by atoms with Gasteiger partial charge in [-0.25, -0.2) is 0 Å². The Labute approximate surface area is 255 Å². The maximum absolute atomic E-state index is 5.55. The van der Waals surface area contributed by atoms with Crippen molar-refractivity contribution in [2.75, 3.05) is 39.7 Å². The fourth-order valence-electron chi connectivity index (χ4n) is 6.20. The number of fused-ring (bicyclic) bond motifs is 2. The quantitative estimate of drug-likeness (QED) is 0.109. The topological polar surface area (TPSA) is 86.1 Å². The second-order valence-corrected chi connectivity index (χ2v) is 11.7. The SMILES string of the molecule is CNCCNC1CCC(Nc2ccc3[nH]c(-c4ccc(OC)c(OC)c4)c(C(C)C)c3c2)CC1.c1ccc2[nH]ccc2c1. The maximum atomic E-state index is 5.55. The van der Waals surface area contributed by atoms with Crippen molar-refractivity contribution >= 4 is 27.5 Å². The molecule has 0 saturated heterocycles. The highest BCUT2D eigenvalue weighted by Gasteiger charge is 2.22. The molecule has 0 spiro atoms. The highest BCUT2D eigenvalue weighted by Crippen LogP contribution is 2.40. The number of hydrogen-bond acceptors (Lipinski definition) is 5. The number of aromatic nitrogens is 2. The molecule has 6 rings (SSSR count). The van der Waals surface area contributed by atoms with Crippen LogP contribution >= 0.6 is 0 Å². The highest BCUT2D eigenvalue weighted by molar-refractivity contribution is 5.93. The largest absolute Gasteiger partial charge is 0.493 e. The molecule has 1 aliphatic carbocycles. The molecule has 5 aromatic rings. The molecule has 1 aliphatic rings. The maximum Gasteiger partial charge on any atom is 0.161 e. The number of anilines is 1. The molecule has 7 nitrogen and oxygen atoms in total.